The first-order chi connectivity index (χ1) is 15.1. The standard InChI is InChI=1S/C20H22F4N2O6S/c1-4-31-15-11-12(25-18(28)17(27)19(2,21)22)8-9-16(15)33(29,30)26-13-6-5-7-14(10-13)32-20(3,23)24/h5-11,17,26-27H,4H2,1-3H3,(H,25,28). The maximum atomic E-state index is 13.1. The SMILES string of the molecule is CCOc1cc(NC(=O)C(O)C(C)(F)F)ccc1S(=O)(=O)Nc1cccc(OC(C)(F)F)c1. The Balaban J connectivity index is 2.31. The Morgan fingerprint density at radius 1 is 1.09 bits per heavy atom. The zero-order chi connectivity index (χ0) is 25.0. The maximum Gasteiger partial charge on any atom is 0.394 e. The van der Waals surface area contributed by atoms with E-state index in [2.05, 4.69) is 14.8 Å². The minimum atomic E-state index is -4.31. The summed E-state index contributed by atoms with van der Waals surface area (Å²) in [7, 11) is -4.31. The van der Waals surface area contributed by atoms with E-state index in [1.165, 1.54) is 18.2 Å². The molecule has 33 heavy (non-hydrogen) atoms. The molecule has 1 atom stereocenters. The number of carbonyl (C=O) groups excluding carboxylic acids is 1. The molecule has 0 aliphatic heterocycles. The number of benzene rings is 2. The van der Waals surface area contributed by atoms with Gasteiger partial charge in [-0.15, -0.1) is 0 Å². The van der Waals surface area contributed by atoms with Crippen LogP contribution in [0.25, 0.3) is 0 Å². The fourth-order valence-corrected chi connectivity index (χ4v) is 3.73. The number of hydrogen-bond acceptors (Lipinski definition) is 6. The van der Waals surface area contributed by atoms with E-state index in [1.807, 2.05) is 0 Å². The minimum Gasteiger partial charge on any atom is -0.492 e. The average Bonchev–Trinajstić information content (AvgIpc) is 2.65. The Kier molecular flexibility index (Phi) is 7.80. The van der Waals surface area contributed by atoms with E-state index < -0.39 is 34.1 Å². The molecule has 8 nitrogen and oxygen atoms in total. The van der Waals surface area contributed by atoms with Crippen LogP contribution in [0.2, 0.25) is 0 Å². The van der Waals surface area contributed by atoms with Crippen LogP contribution in [0.15, 0.2) is 47.4 Å². The van der Waals surface area contributed by atoms with Crippen LogP contribution in [0.5, 0.6) is 11.5 Å². The second-order valence-corrected chi connectivity index (χ2v) is 8.64. The van der Waals surface area contributed by atoms with Crippen LogP contribution in [0.4, 0.5) is 28.9 Å². The third-order valence-corrected chi connectivity index (χ3v) is 5.33. The van der Waals surface area contributed by atoms with Gasteiger partial charge in [0.25, 0.3) is 21.9 Å². The largest absolute Gasteiger partial charge is 0.492 e. The molecule has 2 aromatic carbocycles. The van der Waals surface area contributed by atoms with Gasteiger partial charge in [-0.05, 0) is 31.2 Å². The summed E-state index contributed by atoms with van der Waals surface area (Å²) in [5, 5.41) is 11.4. The Hall–Kier alpha value is -3.06. The number of aliphatic hydroxyl groups is 1. The topological polar surface area (TPSA) is 114 Å². The van der Waals surface area contributed by atoms with E-state index in [4.69, 9.17) is 4.74 Å². The Labute approximate surface area is 187 Å². The molecule has 0 aromatic heterocycles. The Bertz CT molecular complexity index is 1100. The molecule has 2 rings (SSSR count). The smallest absolute Gasteiger partial charge is 0.394 e. The number of ether oxygens (including phenoxy) is 2. The lowest BCUT2D eigenvalue weighted by molar-refractivity contribution is -0.158. The number of anilines is 2. The molecule has 2 aromatic rings. The van der Waals surface area contributed by atoms with Crippen molar-refractivity contribution >= 4 is 27.3 Å². The van der Waals surface area contributed by atoms with Crippen LogP contribution in [-0.2, 0) is 14.8 Å². The minimum absolute atomic E-state index is 0.0183. The molecule has 0 saturated carbocycles. The summed E-state index contributed by atoms with van der Waals surface area (Å²) >= 11 is 0. The first-order valence-corrected chi connectivity index (χ1v) is 10.9. The fourth-order valence-electron chi connectivity index (χ4n) is 2.56. The lowest BCUT2D eigenvalue weighted by Gasteiger charge is -2.18. The van der Waals surface area contributed by atoms with Crippen LogP contribution >= 0.6 is 0 Å². The third kappa shape index (κ3) is 7.49. The van der Waals surface area contributed by atoms with E-state index in [0.717, 1.165) is 24.3 Å². The van der Waals surface area contributed by atoms with E-state index in [-0.39, 0.29) is 34.4 Å². The summed E-state index contributed by atoms with van der Waals surface area (Å²) < 4.78 is 90.0. The van der Waals surface area contributed by atoms with Gasteiger partial charge in [-0.2, -0.15) is 8.78 Å². The highest BCUT2D eigenvalue weighted by molar-refractivity contribution is 7.92. The summed E-state index contributed by atoms with van der Waals surface area (Å²) in [6.45, 7) is 2.47. The van der Waals surface area contributed by atoms with Crippen LogP contribution in [-0.4, -0.2) is 44.2 Å². The predicted molar refractivity (Wildman–Crippen MR) is 111 cm³/mol. The molecule has 0 saturated heterocycles. The normalized spacial score (nSPS) is 13.2. The maximum absolute atomic E-state index is 13.1. The van der Waals surface area contributed by atoms with E-state index in [9.17, 15) is 35.9 Å². The number of sulfonamides is 1. The van der Waals surface area contributed by atoms with Crippen LogP contribution in [0.3, 0.4) is 0 Å². The van der Waals surface area contributed by atoms with Gasteiger partial charge < -0.3 is 19.9 Å². The van der Waals surface area contributed by atoms with Crippen molar-refractivity contribution in [3.63, 3.8) is 0 Å². The molecule has 182 valence electrons. The summed E-state index contributed by atoms with van der Waals surface area (Å²) in [6.07, 6.45) is -6.10. The van der Waals surface area contributed by atoms with Gasteiger partial charge in [-0.25, -0.2) is 17.2 Å². The van der Waals surface area contributed by atoms with Gasteiger partial charge in [0, 0.05) is 31.7 Å². The van der Waals surface area contributed by atoms with Crippen molar-refractivity contribution in [2.75, 3.05) is 16.6 Å². The van der Waals surface area contributed by atoms with Crippen molar-refractivity contribution < 1.29 is 45.4 Å². The monoisotopic (exact) mass is 494 g/mol. The van der Waals surface area contributed by atoms with E-state index in [1.54, 1.807) is 6.92 Å². The number of alkyl halides is 4. The van der Waals surface area contributed by atoms with Crippen molar-refractivity contribution in [1.29, 1.82) is 0 Å². The molecule has 1 amide bonds. The van der Waals surface area contributed by atoms with Crippen molar-refractivity contribution in [2.24, 2.45) is 0 Å². The van der Waals surface area contributed by atoms with Gasteiger partial charge in [0.2, 0.25) is 0 Å². The molecular formula is C20H22F4N2O6S. The lowest BCUT2D eigenvalue weighted by Crippen LogP contribution is -2.41. The molecular weight excluding hydrogens is 472 g/mol. The number of nitrogens with one attached hydrogen (secondary N) is 2. The molecule has 0 bridgehead atoms. The molecule has 1 unspecified atom stereocenters. The second-order valence-electron chi connectivity index (χ2n) is 6.99. The summed E-state index contributed by atoms with van der Waals surface area (Å²) in [5.74, 6) is -5.60. The van der Waals surface area contributed by atoms with Crippen molar-refractivity contribution in [3.05, 3.63) is 42.5 Å². The first-order valence-electron chi connectivity index (χ1n) is 9.45. The number of halogens is 4. The summed E-state index contributed by atoms with van der Waals surface area (Å²) in [4.78, 5) is 11.4. The molecule has 13 heteroatoms. The highest BCUT2D eigenvalue weighted by Gasteiger charge is 2.38. The quantitative estimate of drug-likeness (QED) is 0.433. The number of amides is 1. The molecule has 3 N–H and O–H groups in total. The van der Waals surface area contributed by atoms with Crippen LogP contribution in [0, 0.1) is 0 Å². The zero-order valence-electron chi connectivity index (χ0n) is 17.7. The molecule has 0 radical (unpaired) electrons. The van der Waals surface area contributed by atoms with Crippen LogP contribution < -0.4 is 19.5 Å². The van der Waals surface area contributed by atoms with Gasteiger partial charge in [0.15, 0.2) is 6.10 Å². The Morgan fingerprint density at radius 2 is 1.76 bits per heavy atom. The van der Waals surface area contributed by atoms with Gasteiger partial charge >= 0.3 is 6.11 Å². The summed E-state index contributed by atoms with van der Waals surface area (Å²) in [5.41, 5.74) is -0.184. The number of aliphatic hydroxyl groups excluding tert-OH is 1. The van der Waals surface area contributed by atoms with Gasteiger partial charge in [-0.1, -0.05) is 6.07 Å². The van der Waals surface area contributed by atoms with Gasteiger partial charge in [0.1, 0.15) is 16.4 Å². The van der Waals surface area contributed by atoms with Gasteiger partial charge in [-0.3, -0.25) is 9.52 Å². The highest BCUT2D eigenvalue weighted by atomic mass is 32.2. The highest BCUT2D eigenvalue weighted by Crippen LogP contribution is 2.31. The summed E-state index contributed by atoms with van der Waals surface area (Å²) in [6, 6.07) is 8.10. The molecule has 0 aliphatic carbocycles. The second kappa shape index (κ2) is 9.83. The molecule has 0 spiro atoms. The lowest BCUT2D eigenvalue weighted by atomic mass is 10.2. The molecule has 0 aliphatic rings. The first kappa shape index (κ1) is 26.2. The molecule has 0 heterocycles. The van der Waals surface area contributed by atoms with Crippen molar-refractivity contribution in [2.45, 2.75) is 43.8 Å². The average molecular weight is 494 g/mol. The van der Waals surface area contributed by atoms with Crippen LogP contribution in [0.1, 0.15) is 20.8 Å². The number of hydrogen-bond donors (Lipinski definition) is 3. The fraction of sp³-hybridized carbons (Fsp3) is 0.350. The number of carbonyl (C=O) groups is 1. The van der Waals surface area contributed by atoms with Crippen molar-refractivity contribution in [1.82, 2.24) is 0 Å². The van der Waals surface area contributed by atoms with Gasteiger partial charge in [0.05, 0.1) is 12.3 Å². The van der Waals surface area contributed by atoms with Crippen molar-refractivity contribution in [3.8, 4) is 11.5 Å². The van der Waals surface area contributed by atoms with E-state index >= 15 is 0 Å². The van der Waals surface area contributed by atoms with E-state index in [0.29, 0.717) is 13.8 Å². The molecule has 0 fully saturated rings. The Morgan fingerprint density at radius 3 is 2.33 bits per heavy atom. The number of rotatable bonds is 10. The predicted octanol–water partition coefficient (Wildman–Crippen LogP) is 3.83. The third-order valence-electron chi connectivity index (χ3n) is 3.91. The zero-order valence-corrected chi connectivity index (χ0v) is 18.6.